The maximum atomic E-state index is 12.9. The third-order valence-electron chi connectivity index (χ3n) is 2.97. The van der Waals surface area contributed by atoms with Gasteiger partial charge in [-0.1, -0.05) is 17.7 Å². The number of nitrogens with one attached hydrogen (secondary N) is 1. The van der Waals surface area contributed by atoms with E-state index >= 15 is 0 Å². The molecular formula is C17H11ClFN3O2. The average Bonchev–Trinajstić information content (AvgIpc) is 2.59. The lowest BCUT2D eigenvalue weighted by Crippen LogP contribution is -2.13. The molecule has 5 nitrogen and oxygen atoms in total. The highest BCUT2D eigenvalue weighted by Gasteiger charge is 2.10. The van der Waals surface area contributed by atoms with Crippen LogP contribution in [0.1, 0.15) is 10.5 Å². The lowest BCUT2D eigenvalue weighted by Gasteiger charge is -2.07. The standard InChI is InChI=1S/C17H11ClFN3O2/c18-11-4-9-15(20-10-11)24-16-3-1-2-14(22-16)17(23)21-13-7-5-12(19)6-8-13/h1-10H,(H,21,23). The second-order valence-corrected chi connectivity index (χ2v) is 5.18. The molecule has 1 amide bonds. The van der Waals surface area contributed by atoms with E-state index in [-0.39, 0.29) is 17.4 Å². The van der Waals surface area contributed by atoms with Gasteiger partial charge in [0.25, 0.3) is 5.91 Å². The Morgan fingerprint density at radius 3 is 2.54 bits per heavy atom. The summed E-state index contributed by atoms with van der Waals surface area (Å²) in [4.78, 5) is 20.3. The van der Waals surface area contributed by atoms with E-state index in [0.717, 1.165) is 0 Å². The Morgan fingerprint density at radius 1 is 1.04 bits per heavy atom. The Hall–Kier alpha value is -2.99. The highest BCUT2D eigenvalue weighted by molar-refractivity contribution is 6.30. The Morgan fingerprint density at radius 2 is 1.83 bits per heavy atom. The molecule has 120 valence electrons. The first-order chi connectivity index (χ1) is 11.6. The quantitative estimate of drug-likeness (QED) is 0.766. The first-order valence-corrected chi connectivity index (χ1v) is 7.31. The summed E-state index contributed by atoms with van der Waals surface area (Å²) >= 11 is 5.76. The summed E-state index contributed by atoms with van der Waals surface area (Å²) < 4.78 is 18.4. The molecule has 1 N–H and O–H groups in total. The Labute approximate surface area is 142 Å². The van der Waals surface area contributed by atoms with Crippen molar-refractivity contribution in [2.75, 3.05) is 5.32 Å². The number of carbonyl (C=O) groups excluding carboxylic acids is 1. The van der Waals surface area contributed by atoms with Gasteiger partial charge in [-0.05, 0) is 36.4 Å². The summed E-state index contributed by atoms with van der Waals surface area (Å²) in [6, 6.07) is 13.5. The molecule has 0 fully saturated rings. The summed E-state index contributed by atoms with van der Waals surface area (Å²) in [5.41, 5.74) is 0.625. The zero-order chi connectivity index (χ0) is 16.9. The topological polar surface area (TPSA) is 64.1 Å². The van der Waals surface area contributed by atoms with Crippen molar-refractivity contribution in [2.45, 2.75) is 0 Å². The second kappa shape index (κ2) is 7.06. The third kappa shape index (κ3) is 4.05. The minimum Gasteiger partial charge on any atom is -0.421 e. The summed E-state index contributed by atoms with van der Waals surface area (Å²) in [6.07, 6.45) is 1.45. The molecule has 3 aromatic rings. The van der Waals surface area contributed by atoms with Crippen LogP contribution < -0.4 is 10.1 Å². The number of amides is 1. The highest BCUT2D eigenvalue weighted by Crippen LogP contribution is 2.19. The van der Waals surface area contributed by atoms with Gasteiger partial charge in [-0.3, -0.25) is 4.79 Å². The molecule has 0 saturated carbocycles. The van der Waals surface area contributed by atoms with Crippen LogP contribution >= 0.6 is 11.6 Å². The summed E-state index contributed by atoms with van der Waals surface area (Å²) in [5.74, 6) is -0.285. The summed E-state index contributed by atoms with van der Waals surface area (Å²) in [7, 11) is 0. The van der Waals surface area contributed by atoms with Crippen LogP contribution in [0.3, 0.4) is 0 Å². The number of benzene rings is 1. The van der Waals surface area contributed by atoms with Crippen LogP contribution in [0, 0.1) is 5.82 Å². The molecule has 24 heavy (non-hydrogen) atoms. The second-order valence-electron chi connectivity index (χ2n) is 4.74. The fourth-order valence-electron chi connectivity index (χ4n) is 1.86. The van der Waals surface area contributed by atoms with Crippen LogP contribution in [0.5, 0.6) is 11.8 Å². The zero-order valence-electron chi connectivity index (χ0n) is 12.2. The first kappa shape index (κ1) is 15.9. The fraction of sp³-hybridized carbons (Fsp3) is 0. The number of pyridine rings is 2. The summed E-state index contributed by atoms with van der Waals surface area (Å²) in [6.45, 7) is 0. The van der Waals surface area contributed by atoms with Crippen molar-refractivity contribution in [3.8, 4) is 11.8 Å². The minimum absolute atomic E-state index is 0.158. The van der Waals surface area contributed by atoms with Gasteiger partial charge in [-0.2, -0.15) is 0 Å². The lowest BCUT2D eigenvalue weighted by atomic mass is 10.3. The Bertz CT molecular complexity index is 854. The maximum absolute atomic E-state index is 12.9. The number of aromatic nitrogens is 2. The van der Waals surface area contributed by atoms with Crippen LogP contribution in [-0.2, 0) is 0 Å². The fourth-order valence-corrected chi connectivity index (χ4v) is 1.97. The van der Waals surface area contributed by atoms with Gasteiger partial charge >= 0.3 is 0 Å². The zero-order valence-corrected chi connectivity index (χ0v) is 13.0. The van der Waals surface area contributed by atoms with Gasteiger partial charge in [0.1, 0.15) is 11.5 Å². The largest absolute Gasteiger partial charge is 0.421 e. The smallest absolute Gasteiger partial charge is 0.274 e. The molecule has 0 saturated heterocycles. The number of rotatable bonds is 4. The Balaban J connectivity index is 1.73. The van der Waals surface area contributed by atoms with Gasteiger partial charge in [0.2, 0.25) is 11.8 Å². The van der Waals surface area contributed by atoms with Crippen molar-refractivity contribution >= 4 is 23.2 Å². The number of carbonyl (C=O) groups is 1. The molecule has 0 aliphatic heterocycles. The average molecular weight is 344 g/mol. The molecule has 0 unspecified atom stereocenters. The molecule has 0 atom stereocenters. The van der Waals surface area contributed by atoms with Gasteiger partial charge in [-0.15, -0.1) is 0 Å². The van der Waals surface area contributed by atoms with Gasteiger partial charge in [0.15, 0.2) is 0 Å². The van der Waals surface area contributed by atoms with E-state index in [9.17, 15) is 9.18 Å². The van der Waals surface area contributed by atoms with Crippen molar-refractivity contribution in [3.05, 3.63) is 77.3 Å². The van der Waals surface area contributed by atoms with Crippen molar-refractivity contribution < 1.29 is 13.9 Å². The number of hydrogen-bond donors (Lipinski definition) is 1. The highest BCUT2D eigenvalue weighted by atomic mass is 35.5. The number of anilines is 1. The van der Waals surface area contributed by atoms with Crippen molar-refractivity contribution in [1.82, 2.24) is 9.97 Å². The van der Waals surface area contributed by atoms with E-state index in [4.69, 9.17) is 16.3 Å². The molecule has 1 aromatic carbocycles. The lowest BCUT2D eigenvalue weighted by molar-refractivity contribution is 0.102. The number of nitrogens with zero attached hydrogens (tertiary/aromatic N) is 2. The van der Waals surface area contributed by atoms with E-state index in [0.29, 0.717) is 16.6 Å². The molecule has 3 rings (SSSR count). The molecular weight excluding hydrogens is 333 g/mol. The molecule has 2 aromatic heterocycles. The molecule has 0 spiro atoms. The van der Waals surface area contributed by atoms with Crippen LogP contribution in [0.25, 0.3) is 0 Å². The summed E-state index contributed by atoms with van der Waals surface area (Å²) in [5, 5.41) is 3.12. The maximum Gasteiger partial charge on any atom is 0.274 e. The third-order valence-corrected chi connectivity index (χ3v) is 3.19. The molecule has 0 radical (unpaired) electrons. The van der Waals surface area contributed by atoms with E-state index in [2.05, 4.69) is 15.3 Å². The predicted octanol–water partition coefficient (Wildman–Crippen LogP) is 4.31. The number of ether oxygens (including phenoxy) is 1. The van der Waals surface area contributed by atoms with Crippen molar-refractivity contribution in [3.63, 3.8) is 0 Å². The van der Waals surface area contributed by atoms with E-state index in [1.165, 1.54) is 30.5 Å². The van der Waals surface area contributed by atoms with Crippen molar-refractivity contribution in [2.24, 2.45) is 0 Å². The number of hydrogen-bond acceptors (Lipinski definition) is 4. The minimum atomic E-state index is -0.434. The van der Waals surface area contributed by atoms with E-state index < -0.39 is 5.91 Å². The van der Waals surface area contributed by atoms with E-state index in [1.807, 2.05) is 0 Å². The predicted molar refractivity (Wildman–Crippen MR) is 87.9 cm³/mol. The van der Waals surface area contributed by atoms with Gasteiger partial charge in [0, 0.05) is 24.0 Å². The monoisotopic (exact) mass is 343 g/mol. The normalized spacial score (nSPS) is 10.2. The van der Waals surface area contributed by atoms with Crippen molar-refractivity contribution in [1.29, 1.82) is 0 Å². The van der Waals surface area contributed by atoms with Crippen LogP contribution in [0.15, 0.2) is 60.8 Å². The van der Waals surface area contributed by atoms with Crippen LogP contribution in [-0.4, -0.2) is 15.9 Å². The Kier molecular flexibility index (Phi) is 4.67. The number of halogens is 2. The van der Waals surface area contributed by atoms with E-state index in [1.54, 1.807) is 30.3 Å². The molecule has 0 aliphatic rings. The molecule has 0 aliphatic carbocycles. The van der Waals surface area contributed by atoms with Gasteiger partial charge in [-0.25, -0.2) is 14.4 Å². The van der Waals surface area contributed by atoms with Gasteiger partial charge < -0.3 is 10.1 Å². The molecule has 2 heterocycles. The van der Waals surface area contributed by atoms with Crippen LogP contribution in [0.4, 0.5) is 10.1 Å². The molecule has 0 bridgehead atoms. The van der Waals surface area contributed by atoms with Crippen LogP contribution in [0.2, 0.25) is 5.02 Å². The SMILES string of the molecule is O=C(Nc1ccc(F)cc1)c1cccc(Oc2ccc(Cl)cn2)n1. The van der Waals surface area contributed by atoms with Gasteiger partial charge in [0.05, 0.1) is 5.02 Å². The first-order valence-electron chi connectivity index (χ1n) is 6.93. The molecule has 7 heteroatoms.